The highest BCUT2D eigenvalue weighted by molar-refractivity contribution is 6.36. The van der Waals surface area contributed by atoms with Crippen LogP contribution < -0.4 is 10.1 Å². The normalized spacial score (nSPS) is 11.5. The number of carbonyl (C=O) groups excluding carboxylic acids is 2. The zero-order valence-electron chi connectivity index (χ0n) is 14.4. The van der Waals surface area contributed by atoms with Gasteiger partial charge in [0.25, 0.3) is 5.91 Å². The quantitative estimate of drug-likeness (QED) is 0.693. The average Bonchev–Trinajstić information content (AvgIpc) is 2.59. The number of hydrogen-bond donors (Lipinski definition) is 1. The van der Waals surface area contributed by atoms with Crippen molar-refractivity contribution in [2.75, 3.05) is 11.9 Å². The Morgan fingerprint density at radius 1 is 1.12 bits per heavy atom. The van der Waals surface area contributed by atoms with Gasteiger partial charge in [0.05, 0.1) is 23.7 Å². The first kappa shape index (κ1) is 20.1. The molecule has 0 aliphatic heterocycles. The summed E-state index contributed by atoms with van der Waals surface area (Å²) in [5, 5.41) is 3.35. The number of benzene rings is 2. The van der Waals surface area contributed by atoms with Gasteiger partial charge in [-0.05, 0) is 44.2 Å². The van der Waals surface area contributed by atoms with Crippen molar-refractivity contribution in [1.82, 2.24) is 0 Å². The van der Waals surface area contributed by atoms with Crippen LogP contribution in [0.1, 0.15) is 18.9 Å². The minimum absolute atomic E-state index is 0.0349. The first-order valence-corrected chi connectivity index (χ1v) is 8.75. The Morgan fingerprint density at radius 3 is 2.46 bits per heavy atom. The number of rotatable bonds is 7. The maximum atomic E-state index is 12.1. The molecule has 138 valence electrons. The minimum Gasteiger partial charge on any atom is -0.493 e. The maximum absolute atomic E-state index is 12.1. The molecule has 7 heteroatoms. The molecule has 0 aliphatic carbocycles. The van der Waals surface area contributed by atoms with Gasteiger partial charge in [0, 0.05) is 5.02 Å². The van der Waals surface area contributed by atoms with Gasteiger partial charge in [-0.2, -0.15) is 0 Å². The number of anilines is 1. The van der Waals surface area contributed by atoms with Crippen molar-refractivity contribution in [1.29, 1.82) is 0 Å². The van der Waals surface area contributed by atoms with E-state index in [2.05, 4.69) is 5.32 Å². The summed E-state index contributed by atoms with van der Waals surface area (Å²) in [6.07, 6.45) is -0.929. The van der Waals surface area contributed by atoms with Crippen molar-refractivity contribution in [3.63, 3.8) is 0 Å². The van der Waals surface area contributed by atoms with Gasteiger partial charge < -0.3 is 14.8 Å². The molecule has 1 N–H and O–H groups in total. The molecule has 0 saturated heterocycles. The van der Waals surface area contributed by atoms with E-state index in [0.717, 1.165) is 5.56 Å². The van der Waals surface area contributed by atoms with Gasteiger partial charge >= 0.3 is 5.97 Å². The second-order valence-corrected chi connectivity index (χ2v) is 6.50. The highest BCUT2D eigenvalue weighted by atomic mass is 35.5. The van der Waals surface area contributed by atoms with Crippen molar-refractivity contribution in [3.05, 3.63) is 58.1 Å². The second-order valence-electron chi connectivity index (χ2n) is 5.66. The Bertz CT molecular complexity index is 778. The molecule has 2 aromatic carbocycles. The lowest BCUT2D eigenvalue weighted by Gasteiger charge is -2.14. The first-order chi connectivity index (χ1) is 12.3. The third-order valence-electron chi connectivity index (χ3n) is 3.46. The lowest BCUT2D eigenvalue weighted by atomic mass is 10.2. The van der Waals surface area contributed by atoms with Gasteiger partial charge in [-0.3, -0.25) is 9.59 Å². The van der Waals surface area contributed by atoms with Crippen LogP contribution in [0.3, 0.4) is 0 Å². The van der Waals surface area contributed by atoms with Crippen LogP contribution >= 0.6 is 23.2 Å². The largest absolute Gasteiger partial charge is 0.493 e. The monoisotopic (exact) mass is 395 g/mol. The third-order valence-corrected chi connectivity index (χ3v) is 4.01. The molecule has 1 atom stereocenters. The SMILES string of the molecule is Cc1ccc(OCCC(=O)O[C@@H](C)C(=O)Nc2ccc(Cl)cc2Cl)cc1. The number of carbonyl (C=O) groups is 2. The van der Waals surface area contributed by atoms with Crippen molar-refractivity contribution < 1.29 is 19.1 Å². The van der Waals surface area contributed by atoms with Gasteiger partial charge in [-0.15, -0.1) is 0 Å². The lowest BCUT2D eigenvalue weighted by molar-refractivity contribution is -0.153. The molecule has 0 unspecified atom stereocenters. The van der Waals surface area contributed by atoms with Gasteiger partial charge in [0.2, 0.25) is 0 Å². The van der Waals surface area contributed by atoms with E-state index in [1.54, 1.807) is 12.1 Å². The number of aryl methyl sites for hydroxylation is 1. The summed E-state index contributed by atoms with van der Waals surface area (Å²) in [6.45, 7) is 3.63. The molecule has 1 amide bonds. The van der Waals surface area contributed by atoms with Gasteiger partial charge in [0.15, 0.2) is 6.10 Å². The molecule has 5 nitrogen and oxygen atoms in total. The molecule has 0 aromatic heterocycles. The van der Waals surface area contributed by atoms with E-state index in [1.807, 2.05) is 31.2 Å². The molecule has 0 saturated carbocycles. The Balaban J connectivity index is 1.76. The highest BCUT2D eigenvalue weighted by Crippen LogP contribution is 2.25. The summed E-state index contributed by atoms with van der Waals surface area (Å²) in [5.41, 5.74) is 1.52. The topological polar surface area (TPSA) is 64.6 Å². The second kappa shape index (κ2) is 9.46. The zero-order chi connectivity index (χ0) is 19.1. The van der Waals surface area contributed by atoms with E-state index in [4.69, 9.17) is 32.7 Å². The van der Waals surface area contributed by atoms with Crippen LogP contribution in [0, 0.1) is 6.92 Å². The summed E-state index contributed by atoms with van der Waals surface area (Å²) in [6, 6.07) is 12.2. The average molecular weight is 396 g/mol. The summed E-state index contributed by atoms with van der Waals surface area (Å²) in [5.74, 6) is -0.337. The van der Waals surface area contributed by atoms with Crippen molar-refractivity contribution in [3.8, 4) is 5.75 Å². The number of hydrogen-bond acceptors (Lipinski definition) is 4. The maximum Gasteiger partial charge on any atom is 0.310 e. The van der Waals surface area contributed by atoms with E-state index in [-0.39, 0.29) is 13.0 Å². The molecule has 0 aliphatic rings. The third kappa shape index (κ3) is 6.24. The number of ether oxygens (including phenoxy) is 2. The Hall–Kier alpha value is -2.24. The molecule has 0 radical (unpaired) electrons. The van der Waals surface area contributed by atoms with E-state index in [0.29, 0.717) is 21.5 Å². The summed E-state index contributed by atoms with van der Waals surface area (Å²) in [4.78, 5) is 23.9. The zero-order valence-corrected chi connectivity index (χ0v) is 15.9. The van der Waals surface area contributed by atoms with E-state index in [1.165, 1.54) is 13.0 Å². The fourth-order valence-corrected chi connectivity index (χ4v) is 2.48. The number of amides is 1. The summed E-state index contributed by atoms with van der Waals surface area (Å²) >= 11 is 11.8. The van der Waals surface area contributed by atoms with Crippen LogP contribution in [-0.4, -0.2) is 24.6 Å². The van der Waals surface area contributed by atoms with Crippen LogP contribution in [-0.2, 0) is 14.3 Å². The van der Waals surface area contributed by atoms with E-state index >= 15 is 0 Å². The highest BCUT2D eigenvalue weighted by Gasteiger charge is 2.19. The molecule has 0 bridgehead atoms. The first-order valence-electron chi connectivity index (χ1n) is 8.00. The lowest BCUT2D eigenvalue weighted by Crippen LogP contribution is -2.30. The van der Waals surface area contributed by atoms with E-state index < -0.39 is 18.0 Å². The van der Waals surface area contributed by atoms with Crippen LogP contribution in [0.2, 0.25) is 10.0 Å². The minimum atomic E-state index is -0.964. The van der Waals surface area contributed by atoms with Gasteiger partial charge in [-0.1, -0.05) is 40.9 Å². The van der Waals surface area contributed by atoms with Crippen LogP contribution in [0.5, 0.6) is 5.75 Å². The molecular weight excluding hydrogens is 377 g/mol. The molecule has 2 aromatic rings. The molecule has 2 rings (SSSR count). The Kier molecular flexibility index (Phi) is 7.30. The summed E-state index contributed by atoms with van der Waals surface area (Å²) in [7, 11) is 0. The number of nitrogens with one attached hydrogen (secondary N) is 1. The molecule has 0 fully saturated rings. The molecule has 26 heavy (non-hydrogen) atoms. The number of halogens is 2. The fraction of sp³-hybridized carbons (Fsp3) is 0.263. The predicted octanol–water partition coefficient (Wildman–Crippen LogP) is 4.64. The van der Waals surface area contributed by atoms with E-state index in [9.17, 15) is 9.59 Å². The number of esters is 1. The predicted molar refractivity (Wildman–Crippen MR) is 102 cm³/mol. The fourth-order valence-electron chi connectivity index (χ4n) is 2.02. The Labute approximate surface area is 162 Å². The smallest absolute Gasteiger partial charge is 0.310 e. The summed E-state index contributed by atoms with van der Waals surface area (Å²) < 4.78 is 10.6. The van der Waals surface area contributed by atoms with Gasteiger partial charge in [-0.25, -0.2) is 0 Å². The van der Waals surface area contributed by atoms with Gasteiger partial charge in [0.1, 0.15) is 5.75 Å². The van der Waals surface area contributed by atoms with Crippen LogP contribution in [0.15, 0.2) is 42.5 Å². The molecular formula is C19H19Cl2NO4. The van der Waals surface area contributed by atoms with Crippen LogP contribution in [0.4, 0.5) is 5.69 Å². The standard InChI is InChI=1S/C19H19Cl2NO4/c1-12-3-6-15(7-4-12)25-10-9-18(23)26-13(2)19(24)22-17-8-5-14(20)11-16(17)21/h3-8,11,13H,9-10H2,1-2H3,(H,22,24)/t13-/m0/s1. The van der Waals surface area contributed by atoms with Crippen molar-refractivity contribution in [2.24, 2.45) is 0 Å². The van der Waals surface area contributed by atoms with Crippen molar-refractivity contribution >= 4 is 40.8 Å². The van der Waals surface area contributed by atoms with Crippen molar-refractivity contribution in [2.45, 2.75) is 26.4 Å². The van der Waals surface area contributed by atoms with Crippen LogP contribution in [0.25, 0.3) is 0 Å². The Morgan fingerprint density at radius 2 is 1.81 bits per heavy atom. The molecule has 0 heterocycles. The molecule has 0 spiro atoms.